The summed E-state index contributed by atoms with van der Waals surface area (Å²) in [6.45, 7) is 9.97. The lowest BCUT2D eigenvalue weighted by molar-refractivity contribution is 0.124. The van der Waals surface area contributed by atoms with Crippen molar-refractivity contribution in [1.29, 1.82) is 0 Å². The van der Waals surface area contributed by atoms with Gasteiger partial charge in [0.05, 0.1) is 17.3 Å². The van der Waals surface area contributed by atoms with Crippen LogP contribution < -0.4 is 5.32 Å². The topological polar surface area (TPSA) is 34.1 Å². The average molecular weight is 242 g/mol. The van der Waals surface area contributed by atoms with Crippen LogP contribution in [0.15, 0.2) is 5.38 Å². The van der Waals surface area contributed by atoms with E-state index in [4.69, 9.17) is 4.74 Å². The molecule has 16 heavy (non-hydrogen) atoms. The lowest BCUT2D eigenvalue weighted by atomic mass is 10.2. The second-order valence-corrected chi connectivity index (χ2v) is 4.91. The molecule has 3 nitrogen and oxygen atoms in total. The number of nitrogens with one attached hydrogen (secondary N) is 1. The second-order valence-electron chi connectivity index (χ2n) is 3.97. The molecular weight excluding hydrogens is 220 g/mol. The zero-order valence-electron chi connectivity index (χ0n) is 10.6. The van der Waals surface area contributed by atoms with Crippen LogP contribution in [-0.4, -0.2) is 24.2 Å². The minimum absolute atomic E-state index is 0.298. The third-order valence-electron chi connectivity index (χ3n) is 2.42. The summed E-state index contributed by atoms with van der Waals surface area (Å²) < 4.78 is 5.38. The molecule has 1 rings (SSSR count). The van der Waals surface area contributed by atoms with E-state index in [0.717, 1.165) is 25.3 Å². The SMILES string of the molecule is CCOCC(C)NC(C)c1csc(CC)n1. The summed E-state index contributed by atoms with van der Waals surface area (Å²) in [6.07, 6.45) is 1.02. The third-order valence-corrected chi connectivity index (χ3v) is 3.43. The molecule has 4 heteroatoms. The van der Waals surface area contributed by atoms with Crippen molar-refractivity contribution in [3.63, 3.8) is 0 Å². The monoisotopic (exact) mass is 242 g/mol. The van der Waals surface area contributed by atoms with Crippen LogP contribution in [0.4, 0.5) is 0 Å². The Morgan fingerprint density at radius 1 is 1.44 bits per heavy atom. The molecule has 0 spiro atoms. The summed E-state index contributed by atoms with van der Waals surface area (Å²) in [6, 6.07) is 0.661. The van der Waals surface area contributed by atoms with Gasteiger partial charge in [-0.05, 0) is 27.2 Å². The maximum Gasteiger partial charge on any atom is 0.0926 e. The Kier molecular flexibility index (Phi) is 5.95. The van der Waals surface area contributed by atoms with E-state index < -0.39 is 0 Å². The Morgan fingerprint density at radius 2 is 2.19 bits per heavy atom. The molecule has 0 aromatic carbocycles. The van der Waals surface area contributed by atoms with Gasteiger partial charge < -0.3 is 10.1 Å². The number of aromatic nitrogens is 1. The first kappa shape index (κ1) is 13.6. The Hall–Kier alpha value is -0.450. The van der Waals surface area contributed by atoms with Gasteiger partial charge in [-0.3, -0.25) is 0 Å². The molecule has 0 aliphatic heterocycles. The van der Waals surface area contributed by atoms with Crippen molar-refractivity contribution in [1.82, 2.24) is 10.3 Å². The van der Waals surface area contributed by atoms with Crippen molar-refractivity contribution in [3.05, 3.63) is 16.1 Å². The molecule has 0 amide bonds. The van der Waals surface area contributed by atoms with E-state index >= 15 is 0 Å². The summed E-state index contributed by atoms with van der Waals surface area (Å²) in [4.78, 5) is 4.58. The van der Waals surface area contributed by atoms with E-state index in [2.05, 4.69) is 36.5 Å². The van der Waals surface area contributed by atoms with E-state index in [1.165, 1.54) is 5.01 Å². The molecule has 0 radical (unpaired) electrons. The Bertz CT molecular complexity index is 301. The quantitative estimate of drug-likeness (QED) is 0.798. The molecule has 0 aliphatic rings. The van der Waals surface area contributed by atoms with Gasteiger partial charge in [0, 0.05) is 24.1 Å². The molecule has 1 heterocycles. The Balaban J connectivity index is 2.41. The predicted molar refractivity (Wildman–Crippen MR) is 69.0 cm³/mol. The van der Waals surface area contributed by atoms with Gasteiger partial charge in [0.2, 0.25) is 0 Å². The van der Waals surface area contributed by atoms with Gasteiger partial charge in [-0.2, -0.15) is 0 Å². The number of hydrogen-bond donors (Lipinski definition) is 1. The fourth-order valence-electron chi connectivity index (χ4n) is 1.54. The summed E-state index contributed by atoms with van der Waals surface area (Å²) in [5.74, 6) is 0. The molecule has 0 bridgehead atoms. The first-order chi connectivity index (χ1) is 7.67. The van der Waals surface area contributed by atoms with Gasteiger partial charge >= 0.3 is 0 Å². The zero-order chi connectivity index (χ0) is 12.0. The fraction of sp³-hybridized carbons (Fsp3) is 0.750. The van der Waals surface area contributed by atoms with Crippen LogP contribution in [-0.2, 0) is 11.2 Å². The average Bonchev–Trinajstić information content (AvgIpc) is 2.74. The van der Waals surface area contributed by atoms with Crippen LogP contribution in [0, 0.1) is 0 Å². The fourth-order valence-corrected chi connectivity index (χ4v) is 2.38. The van der Waals surface area contributed by atoms with Gasteiger partial charge in [-0.15, -0.1) is 11.3 Å². The number of thiazole rings is 1. The van der Waals surface area contributed by atoms with Gasteiger partial charge in [-0.25, -0.2) is 4.98 Å². The number of hydrogen-bond acceptors (Lipinski definition) is 4. The smallest absolute Gasteiger partial charge is 0.0926 e. The maximum atomic E-state index is 5.38. The maximum absolute atomic E-state index is 5.38. The highest BCUT2D eigenvalue weighted by Gasteiger charge is 2.12. The molecule has 0 aliphatic carbocycles. The molecule has 92 valence electrons. The minimum Gasteiger partial charge on any atom is -0.380 e. The van der Waals surface area contributed by atoms with Crippen molar-refractivity contribution in [2.24, 2.45) is 0 Å². The summed E-state index contributed by atoms with van der Waals surface area (Å²) in [5, 5.41) is 6.84. The van der Waals surface area contributed by atoms with Gasteiger partial charge in [0.25, 0.3) is 0 Å². The predicted octanol–water partition coefficient (Wildman–Crippen LogP) is 2.78. The van der Waals surface area contributed by atoms with Crippen LogP contribution in [0.25, 0.3) is 0 Å². The molecule has 2 atom stereocenters. The zero-order valence-corrected chi connectivity index (χ0v) is 11.4. The molecular formula is C12H22N2OS. The molecule has 0 saturated carbocycles. The molecule has 2 unspecified atom stereocenters. The minimum atomic E-state index is 0.298. The van der Waals surface area contributed by atoms with Gasteiger partial charge in [0.1, 0.15) is 0 Å². The highest BCUT2D eigenvalue weighted by Crippen LogP contribution is 2.17. The Morgan fingerprint density at radius 3 is 2.75 bits per heavy atom. The highest BCUT2D eigenvalue weighted by molar-refractivity contribution is 7.09. The lowest BCUT2D eigenvalue weighted by Crippen LogP contribution is -2.33. The van der Waals surface area contributed by atoms with Crippen LogP contribution >= 0.6 is 11.3 Å². The normalized spacial score (nSPS) is 15.0. The van der Waals surface area contributed by atoms with Crippen molar-refractivity contribution in [2.45, 2.75) is 46.2 Å². The van der Waals surface area contributed by atoms with Crippen molar-refractivity contribution < 1.29 is 4.74 Å². The summed E-state index contributed by atoms with van der Waals surface area (Å²) in [7, 11) is 0. The highest BCUT2D eigenvalue weighted by atomic mass is 32.1. The second kappa shape index (κ2) is 6.99. The molecule has 0 fully saturated rings. The van der Waals surface area contributed by atoms with Crippen molar-refractivity contribution in [3.8, 4) is 0 Å². The number of aryl methyl sites for hydroxylation is 1. The molecule has 1 aromatic heterocycles. The lowest BCUT2D eigenvalue weighted by Gasteiger charge is -2.18. The van der Waals surface area contributed by atoms with Crippen LogP contribution in [0.5, 0.6) is 0 Å². The first-order valence-corrected chi connectivity index (χ1v) is 6.83. The molecule has 1 aromatic rings. The summed E-state index contributed by atoms with van der Waals surface area (Å²) >= 11 is 1.74. The van der Waals surface area contributed by atoms with E-state index in [0.29, 0.717) is 12.1 Å². The van der Waals surface area contributed by atoms with E-state index in [1.807, 2.05) is 6.92 Å². The van der Waals surface area contributed by atoms with E-state index in [-0.39, 0.29) is 0 Å². The molecule has 0 saturated heterocycles. The van der Waals surface area contributed by atoms with Crippen LogP contribution in [0.1, 0.15) is 44.4 Å². The summed E-state index contributed by atoms with van der Waals surface area (Å²) in [5.41, 5.74) is 1.14. The molecule has 1 N–H and O–H groups in total. The number of ether oxygens (including phenoxy) is 1. The van der Waals surface area contributed by atoms with Crippen molar-refractivity contribution >= 4 is 11.3 Å². The van der Waals surface area contributed by atoms with Crippen LogP contribution in [0.2, 0.25) is 0 Å². The largest absolute Gasteiger partial charge is 0.380 e. The van der Waals surface area contributed by atoms with E-state index in [9.17, 15) is 0 Å². The number of rotatable bonds is 7. The van der Waals surface area contributed by atoms with Crippen molar-refractivity contribution in [2.75, 3.05) is 13.2 Å². The van der Waals surface area contributed by atoms with Crippen LogP contribution in [0.3, 0.4) is 0 Å². The van der Waals surface area contributed by atoms with E-state index in [1.54, 1.807) is 11.3 Å². The number of nitrogens with zero attached hydrogens (tertiary/aromatic N) is 1. The third kappa shape index (κ3) is 4.20. The standard InChI is InChI=1S/C12H22N2OS/c1-5-12-14-11(8-16-12)10(4)13-9(3)7-15-6-2/h8-10,13H,5-7H2,1-4H3. The van der Waals surface area contributed by atoms with Gasteiger partial charge in [-0.1, -0.05) is 6.92 Å². The van der Waals surface area contributed by atoms with Gasteiger partial charge in [0.15, 0.2) is 0 Å². The first-order valence-electron chi connectivity index (χ1n) is 5.95. The Labute approximate surface area is 102 Å².